The van der Waals surface area contributed by atoms with E-state index >= 15 is 0 Å². The van der Waals surface area contributed by atoms with E-state index in [0.717, 1.165) is 4.90 Å². The van der Waals surface area contributed by atoms with Crippen LogP contribution in [0.2, 0.25) is 5.04 Å². The van der Waals surface area contributed by atoms with Gasteiger partial charge in [0.05, 0.1) is 6.10 Å². The lowest BCUT2D eigenvalue weighted by Gasteiger charge is -2.43. The first-order valence-corrected chi connectivity index (χ1v) is 13.8. The summed E-state index contributed by atoms with van der Waals surface area (Å²) in [5.41, 5.74) is 0. The Morgan fingerprint density at radius 2 is 1.62 bits per heavy atom. The molecular weight excluding hydrogens is 448 g/mol. The molecule has 0 aromatic heterocycles. The molecule has 1 aliphatic rings. The van der Waals surface area contributed by atoms with Crippen LogP contribution in [0.15, 0.2) is 60.7 Å². The Bertz CT molecular complexity index is 909. The zero-order chi connectivity index (χ0) is 24.8. The monoisotopic (exact) mass is 484 g/mol. The molecule has 1 heterocycles. The van der Waals surface area contributed by atoms with E-state index in [2.05, 4.69) is 50.4 Å². The number of hydrogen-bond donors (Lipinski definition) is 3. The van der Waals surface area contributed by atoms with E-state index in [1.54, 1.807) is 0 Å². The van der Waals surface area contributed by atoms with Crippen molar-refractivity contribution in [1.29, 1.82) is 0 Å². The fourth-order valence-electron chi connectivity index (χ4n) is 4.81. The Balaban J connectivity index is 1.69. The van der Waals surface area contributed by atoms with Gasteiger partial charge < -0.3 is 20.0 Å². The average Bonchev–Trinajstić information content (AvgIpc) is 2.81. The maximum absolute atomic E-state index is 12.7. The Hall–Kier alpha value is -2.68. The Morgan fingerprint density at radius 1 is 1.06 bits per heavy atom. The van der Waals surface area contributed by atoms with Crippen LogP contribution in [0.4, 0.5) is 4.79 Å². The van der Waals surface area contributed by atoms with Crippen LogP contribution in [0.5, 0.6) is 0 Å². The number of amides is 2. The average molecular weight is 485 g/mol. The van der Waals surface area contributed by atoms with E-state index in [1.807, 2.05) is 36.4 Å². The third-order valence-electron chi connectivity index (χ3n) is 6.48. The largest absolute Gasteiger partial charge is 0.465 e. The number of carboxylic acid groups (broad SMARTS) is 1. The van der Waals surface area contributed by atoms with Crippen LogP contribution in [0.25, 0.3) is 0 Å². The number of piperidine rings is 1. The molecule has 8 heteroatoms. The number of aliphatic hydroxyl groups is 1. The number of nitrogens with zero attached hydrogens (tertiary/aromatic N) is 1. The Morgan fingerprint density at radius 3 is 2.12 bits per heavy atom. The van der Waals surface area contributed by atoms with Crippen molar-refractivity contribution in [3.8, 4) is 0 Å². The predicted molar refractivity (Wildman–Crippen MR) is 135 cm³/mol. The summed E-state index contributed by atoms with van der Waals surface area (Å²) >= 11 is 0. The SMILES string of the molecule is CC(C)(C)[Si](OCCCNC(=O)[C@H]1CC(O)CCN1C(=O)O)(c1ccccc1)c1ccccc1. The minimum Gasteiger partial charge on any atom is -0.465 e. The molecule has 3 rings (SSSR count). The van der Waals surface area contributed by atoms with Gasteiger partial charge >= 0.3 is 6.09 Å². The van der Waals surface area contributed by atoms with Gasteiger partial charge in [0.25, 0.3) is 8.32 Å². The molecule has 2 aromatic carbocycles. The predicted octanol–water partition coefficient (Wildman–Crippen LogP) is 2.57. The van der Waals surface area contributed by atoms with Gasteiger partial charge in [-0.25, -0.2) is 4.79 Å². The Labute approximate surface area is 202 Å². The van der Waals surface area contributed by atoms with Crippen LogP contribution >= 0.6 is 0 Å². The highest BCUT2D eigenvalue weighted by molar-refractivity contribution is 6.99. The molecule has 1 unspecified atom stereocenters. The summed E-state index contributed by atoms with van der Waals surface area (Å²) in [6.45, 7) is 7.65. The molecular formula is C26H36N2O5Si. The van der Waals surface area contributed by atoms with Crippen LogP contribution in [0.3, 0.4) is 0 Å². The van der Waals surface area contributed by atoms with E-state index in [1.165, 1.54) is 10.4 Å². The summed E-state index contributed by atoms with van der Waals surface area (Å²) in [4.78, 5) is 25.2. The van der Waals surface area contributed by atoms with E-state index in [0.29, 0.717) is 26.0 Å². The van der Waals surface area contributed by atoms with Gasteiger partial charge in [-0.1, -0.05) is 81.4 Å². The van der Waals surface area contributed by atoms with Gasteiger partial charge in [0.1, 0.15) is 6.04 Å². The number of aliphatic hydroxyl groups excluding tert-OH is 1. The van der Waals surface area contributed by atoms with Crippen molar-refractivity contribution in [3.63, 3.8) is 0 Å². The van der Waals surface area contributed by atoms with Crippen LogP contribution in [-0.4, -0.2) is 67.3 Å². The number of nitrogens with one attached hydrogen (secondary N) is 1. The first-order chi connectivity index (χ1) is 16.2. The molecule has 1 fully saturated rings. The quantitative estimate of drug-likeness (QED) is 0.395. The lowest BCUT2D eigenvalue weighted by Crippen LogP contribution is -2.66. The van der Waals surface area contributed by atoms with Crippen LogP contribution < -0.4 is 15.7 Å². The van der Waals surface area contributed by atoms with Gasteiger partial charge in [-0.3, -0.25) is 9.69 Å². The van der Waals surface area contributed by atoms with Gasteiger partial charge in [0.15, 0.2) is 0 Å². The second-order valence-electron chi connectivity index (χ2n) is 9.83. The maximum atomic E-state index is 12.7. The molecule has 0 radical (unpaired) electrons. The fraction of sp³-hybridized carbons (Fsp3) is 0.462. The first-order valence-electron chi connectivity index (χ1n) is 11.9. The molecule has 0 bridgehead atoms. The topological polar surface area (TPSA) is 99.1 Å². The zero-order valence-corrected chi connectivity index (χ0v) is 21.2. The number of benzene rings is 2. The summed E-state index contributed by atoms with van der Waals surface area (Å²) in [5.74, 6) is -0.369. The van der Waals surface area contributed by atoms with Gasteiger partial charge in [-0.2, -0.15) is 0 Å². The number of likely N-dealkylation sites (tertiary alicyclic amines) is 1. The summed E-state index contributed by atoms with van der Waals surface area (Å²) in [5, 5.41) is 24.4. The summed E-state index contributed by atoms with van der Waals surface area (Å²) in [7, 11) is -2.63. The third kappa shape index (κ3) is 5.68. The van der Waals surface area contributed by atoms with Gasteiger partial charge in [0.2, 0.25) is 5.91 Å². The number of hydrogen-bond acceptors (Lipinski definition) is 4. The van der Waals surface area contributed by atoms with Gasteiger partial charge in [-0.15, -0.1) is 0 Å². The standard InChI is InChI=1S/C26H36N2O5Si/c1-26(2,3)34(21-11-6-4-7-12-21,22-13-8-5-9-14-22)33-18-10-16-27-24(30)23-19-20(29)15-17-28(23)25(31)32/h4-9,11-14,20,23,29H,10,15-19H2,1-3H3,(H,27,30)(H,31,32)/t20?,23-/m1/s1. The molecule has 34 heavy (non-hydrogen) atoms. The molecule has 2 atom stereocenters. The van der Waals surface area contributed by atoms with Crippen molar-refractivity contribution in [2.24, 2.45) is 0 Å². The second kappa shape index (κ2) is 11.2. The van der Waals surface area contributed by atoms with Gasteiger partial charge in [-0.05, 0) is 28.3 Å². The smallest absolute Gasteiger partial charge is 0.407 e. The van der Waals surface area contributed by atoms with Crippen molar-refractivity contribution in [2.45, 2.75) is 57.2 Å². The molecule has 2 amide bonds. The van der Waals surface area contributed by atoms with E-state index in [4.69, 9.17) is 4.43 Å². The van der Waals surface area contributed by atoms with Crippen LogP contribution in [0, 0.1) is 0 Å². The summed E-state index contributed by atoms with van der Waals surface area (Å²) < 4.78 is 6.81. The molecule has 0 saturated carbocycles. The highest BCUT2D eigenvalue weighted by Gasteiger charge is 2.50. The highest BCUT2D eigenvalue weighted by atomic mass is 28.4. The van der Waals surface area contributed by atoms with E-state index < -0.39 is 26.6 Å². The lowest BCUT2D eigenvalue weighted by atomic mass is 9.99. The van der Waals surface area contributed by atoms with Crippen LogP contribution in [-0.2, 0) is 9.22 Å². The maximum Gasteiger partial charge on any atom is 0.407 e. The van der Waals surface area contributed by atoms with Crippen molar-refractivity contribution >= 4 is 30.7 Å². The summed E-state index contributed by atoms with van der Waals surface area (Å²) in [6, 6.07) is 19.9. The van der Waals surface area contributed by atoms with Crippen molar-refractivity contribution in [2.75, 3.05) is 19.7 Å². The van der Waals surface area contributed by atoms with Crippen molar-refractivity contribution in [3.05, 3.63) is 60.7 Å². The van der Waals surface area contributed by atoms with E-state index in [-0.39, 0.29) is 23.9 Å². The molecule has 7 nitrogen and oxygen atoms in total. The number of rotatable bonds is 8. The zero-order valence-electron chi connectivity index (χ0n) is 20.2. The minimum absolute atomic E-state index is 0.122. The lowest BCUT2D eigenvalue weighted by molar-refractivity contribution is -0.128. The molecule has 2 aromatic rings. The van der Waals surface area contributed by atoms with Crippen molar-refractivity contribution in [1.82, 2.24) is 10.2 Å². The molecule has 3 N–H and O–H groups in total. The van der Waals surface area contributed by atoms with E-state index in [9.17, 15) is 19.8 Å². The van der Waals surface area contributed by atoms with Crippen LogP contribution in [0.1, 0.15) is 40.0 Å². The molecule has 0 spiro atoms. The highest BCUT2D eigenvalue weighted by Crippen LogP contribution is 2.36. The fourth-order valence-corrected chi connectivity index (χ4v) is 9.42. The molecule has 1 aliphatic heterocycles. The third-order valence-corrected chi connectivity index (χ3v) is 11.5. The molecule has 184 valence electrons. The normalized spacial score (nSPS) is 19.0. The minimum atomic E-state index is -2.63. The molecule has 0 aliphatic carbocycles. The number of carbonyl (C=O) groups is 2. The second-order valence-corrected chi connectivity index (χ2v) is 14.1. The number of carbonyl (C=O) groups excluding carboxylic acids is 1. The Kier molecular flexibility index (Phi) is 8.51. The van der Waals surface area contributed by atoms with Gasteiger partial charge in [0, 0.05) is 26.1 Å². The molecule has 1 saturated heterocycles. The first kappa shape index (κ1) is 25.9. The van der Waals surface area contributed by atoms with Crippen molar-refractivity contribution < 1.29 is 24.2 Å². The summed E-state index contributed by atoms with van der Waals surface area (Å²) in [6.07, 6.45) is -0.732.